The van der Waals surface area contributed by atoms with Crippen molar-refractivity contribution in [1.29, 1.82) is 0 Å². The number of hydrogen-bond acceptors (Lipinski definition) is 5. The van der Waals surface area contributed by atoms with E-state index in [4.69, 9.17) is 20.8 Å². The Balaban J connectivity index is 2.06. The number of benzene rings is 2. The molecule has 0 spiro atoms. The zero-order valence-electron chi connectivity index (χ0n) is 14.8. The minimum Gasteiger partial charge on any atom is -0.461 e. The van der Waals surface area contributed by atoms with E-state index in [1.54, 1.807) is 31.2 Å². The summed E-state index contributed by atoms with van der Waals surface area (Å²) in [5.41, 5.74) is 2.70. The lowest BCUT2D eigenvalue weighted by atomic mass is 10.1. The number of rotatable bonds is 5. The first-order valence-corrected chi connectivity index (χ1v) is 8.59. The van der Waals surface area contributed by atoms with Gasteiger partial charge in [0.25, 0.3) is 0 Å². The monoisotopic (exact) mass is 370 g/mol. The number of aromatic nitrogens is 1. The Morgan fingerprint density at radius 1 is 1.08 bits per heavy atom. The van der Waals surface area contributed by atoms with Crippen LogP contribution in [0.1, 0.15) is 17.4 Å². The fraction of sp³-hybridized carbons (Fsp3) is 0.200. The second-order valence-electron chi connectivity index (χ2n) is 5.87. The molecule has 0 saturated heterocycles. The van der Waals surface area contributed by atoms with E-state index in [9.17, 15) is 4.79 Å². The van der Waals surface area contributed by atoms with Crippen LogP contribution in [0.15, 0.2) is 52.9 Å². The van der Waals surface area contributed by atoms with E-state index in [-0.39, 0.29) is 12.3 Å². The molecule has 0 fully saturated rings. The predicted octanol–water partition coefficient (Wildman–Crippen LogP) is 4.90. The quantitative estimate of drug-likeness (QED) is 0.597. The molecule has 1 heterocycles. The van der Waals surface area contributed by atoms with Crippen molar-refractivity contribution < 1.29 is 13.9 Å². The molecular formula is C20H19ClN2O3. The van der Waals surface area contributed by atoms with Crippen LogP contribution in [0.4, 0.5) is 5.69 Å². The molecule has 0 unspecified atom stereocenters. The number of esters is 1. The van der Waals surface area contributed by atoms with Crippen LogP contribution in [-0.2, 0) is 4.74 Å². The Kier molecular flexibility index (Phi) is 5.28. The molecule has 0 aliphatic rings. The first-order chi connectivity index (χ1) is 12.5. The summed E-state index contributed by atoms with van der Waals surface area (Å²) < 4.78 is 11.1. The van der Waals surface area contributed by atoms with Gasteiger partial charge in [-0.1, -0.05) is 11.6 Å². The number of carbonyl (C=O) groups is 1. The van der Waals surface area contributed by atoms with Gasteiger partial charge in [0.2, 0.25) is 5.89 Å². The van der Waals surface area contributed by atoms with Crippen LogP contribution in [0.25, 0.3) is 22.8 Å². The minimum absolute atomic E-state index is 0.161. The lowest BCUT2D eigenvalue weighted by molar-refractivity contribution is 0.0520. The number of carbonyl (C=O) groups excluding carboxylic acids is 1. The van der Waals surface area contributed by atoms with E-state index in [2.05, 4.69) is 4.98 Å². The van der Waals surface area contributed by atoms with Crippen molar-refractivity contribution >= 4 is 23.3 Å². The van der Waals surface area contributed by atoms with Crippen LogP contribution in [0.5, 0.6) is 0 Å². The maximum absolute atomic E-state index is 12.3. The highest BCUT2D eigenvalue weighted by Crippen LogP contribution is 2.31. The Morgan fingerprint density at radius 3 is 2.27 bits per heavy atom. The van der Waals surface area contributed by atoms with Gasteiger partial charge in [-0.15, -0.1) is 0 Å². The van der Waals surface area contributed by atoms with E-state index in [1.165, 1.54) is 0 Å². The Bertz CT molecular complexity index is 900. The SMILES string of the molecule is CCOC(=O)c1nc(-c2ccc(Cl)cc2)oc1-c1ccc(N(C)C)cc1. The molecular weight excluding hydrogens is 352 g/mol. The molecule has 0 aliphatic heterocycles. The standard InChI is InChI=1S/C20H19ClN2O3/c1-4-25-20(24)17-18(13-7-11-16(12-8-13)23(2)3)26-19(22-17)14-5-9-15(21)10-6-14/h5-12H,4H2,1-3H3. The van der Waals surface area contributed by atoms with Crippen LogP contribution in [0.3, 0.4) is 0 Å². The Morgan fingerprint density at radius 2 is 1.69 bits per heavy atom. The first-order valence-electron chi connectivity index (χ1n) is 8.21. The summed E-state index contributed by atoms with van der Waals surface area (Å²) in [6.45, 7) is 2.02. The zero-order chi connectivity index (χ0) is 18.7. The fourth-order valence-electron chi connectivity index (χ4n) is 2.48. The summed E-state index contributed by atoms with van der Waals surface area (Å²) in [7, 11) is 3.93. The van der Waals surface area contributed by atoms with E-state index >= 15 is 0 Å². The van der Waals surface area contributed by atoms with Crippen LogP contribution in [0, 0.1) is 0 Å². The molecule has 0 amide bonds. The second kappa shape index (κ2) is 7.62. The third-order valence-electron chi connectivity index (χ3n) is 3.83. The summed E-state index contributed by atoms with van der Waals surface area (Å²) in [5.74, 6) is 0.221. The fourth-order valence-corrected chi connectivity index (χ4v) is 2.61. The molecule has 2 aromatic carbocycles. The summed E-state index contributed by atoms with van der Waals surface area (Å²) >= 11 is 5.93. The largest absolute Gasteiger partial charge is 0.461 e. The molecule has 0 bridgehead atoms. The number of halogens is 1. The molecule has 134 valence electrons. The Hall–Kier alpha value is -2.79. The van der Waals surface area contributed by atoms with Crippen molar-refractivity contribution in [3.05, 3.63) is 59.2 Å². The molecule has 3 aromatic rings. The van der Waals surface area contributed by atoms with Gasteiger partial charge in [-0.2, -0.15) is 0 Å². The highest BCUT2D eigenvalue weighted by Gasteiger charge is 2.23. The third-order valence-corrected chi connectivity index (χ3v) is 4.08. The molecule has 1 aromatic heterocycles. The maximum atomic E-state index is 12.3. The van der Waals surface area contributed by atoms with E-state index in [1.807, 2.05) is 43.3 Å². The summed E-state index contributed by atoms with van der Waals surface area (Å²) in [5, 5.41) is 0.616. The molecule has 0 atom stereocenters. The average Bonchev–Trinajstić information content (AvgIpc) is 3.08. The molecule has 0 aliphatic carbocycles. The summed E-state index contributed by atoms with van der Waals surface area (Å²) in [6, 6.07) is 14.8. The van der Waals surface area contributed by atoms with Gasteiger partial charge in [0.05, 0.1) is 6.61 Å². The molecule has 3 rings (SSSR count). The molecule has 0 N–H and O–H groups in total. The topological polar surface area (TPSA) is 55.6 Å². The smallest absolute Gasteiger partial charge is 0.361 e. The van der Waals surface area contributed by atoms with Crippen LogP contribution < -0.4 is 4.90 Å². The van der Waals surface area contributed by atoms with Crippen molar-refractivity contribution in [3.8, 4) is 22.8 Å². The highest BCUT2D eigenvalue weighted by atomic mass is 35.5. The second-order valence-corrected chi connectivity index (χ2v) is 6.30. The first kappa shape index (κ1) is 18.0. The van der Waals surface area contributed by atoms with Crippen LogP contribution in [0.2, 0.25) is 5.02 Å². The van der Waals surface area contributed by atoms with Crippen molar-refractivity contribution in [2.75, 3.05) is 25.6 Å². The molecule has 26 heavy (non-hydrogen) atoms. The molecule has 6 heteroatoms. The highest BCUT2D eigenvalue weighted by molar-refractivity contribution is 6.30. The van der Waals surface area contributed by atoms with Crippen molar-refractivity contribution in [2.45, 2.75) is 6.92 Å². The number of ether oxygens (including phenoxy) is 1. The lowest BCUT2D eigenvalue weighted by Gasteiger charge is -2.12. The number of hydrogen-bond donors (Lipinski definition) is 0. The van der Waals surface area contributed by atoms with Gasteiger partial charge in [0.1, 0.15) is 0 Å². The third kappa shape index (κ3) is 3.73. The molecule has 0 radical (unpaired) electrons. The van der Waals surface area contributed by atoms with Gasteiger partial charge >= 0.3 is 5.97 Å². The average molecular weight is 371 g/mol. The lowest BCUT2D eigenvalue weighted by Crippen LogP contribution is -2.08. The van der Waals surface area contributed by atoms with E-state index < -0.39 is 5.97 Å². The normalized spacial score (nSPS) is 10.6. The van der Waals surface area contributed by atoms with E-state index in [0.29, 0.717) is 16.7 Å². The number of nitrogens with zero attached hydrogens (tertiary/aromatic N) is 2. The zero-order valence-corrected chi connectivity index (χ0v) is 15.6. The molecule has 0 saturated carbocycles. The maximum Gasteiger partial charge on any atom is 0.361 e. The van der Waals surface area contributed by atoms with Crippen LogP contribution >= 0.6 is 11.6 Å². The van der Waals surface area contributed by atoms with Gasteiger partial charge in [0, 0.05) is 35.9 Å². The van der Waals surface area contributed by atoms with Gasteiger partial charge in [-0.05, 0) is 55.5 Å². The summed E-state index contributed by atoms with van der Waals surface area (Å²) in [6.07, 6.45) is 0. The van der Waals surface area contributed by atoms with E-state index in [0.717, 1.165) is 16.8 Å². The predicted molar refractivity (Wildman–Crippen MR) is 103 cm³/mol. The van der Waals surface area contributed by atoms with Gasteiger partial charge in [-0.3, -0.25) is 0 Å². The van der Waals surface area contributed by atoms with Gasteiger partial charge in [-0.25, -0.2) is 9.78 Å². The minimum atomic E-state index is -0.511. The van der Waals surface area contributed by atoms with Crippen molar-refractivity contribution in [1.82, 2.24) is 4.98 Å². The van der Waals surface area contributed by atoms with Gasteiger partial charge in [0.15, 0.2) is 11.5 Å². The molecule has 5 nitrogen and oxygen atoms in total. The van der Waals surface area contributed by atoms with Crippen molar-refractivity contribution in [2.24, 2.45) is 0 Å². The Labute approximate surface area is 157 Å². The van der Waals surface area contributed by atoms with Crippen LogP contribution in [-0.4, -0.2) is 31.7 Å². The number of oxazole rings is 1. The summed E-state index contributed by atoms with van der Waals surface area (Å²) in [4.78, 5) is 18.7. The van der Waals surface area contributed by atoms with Gasteiger partial charge < -0.3 is 14.1 Å². The number of anilines is 1. The van der Waals surface area contributed by atoms with Crippen molar-refractivity contribution in [3.63, 3.8) is 0 Å².